The number of piperidine rings is 1. The Bertz CT molecular complexity index is 1470. The van der Waals surface area contributed by atoms with Gasteiger partial charge in [-0.1, -0.05) is 72.8 Å². The largest absolute Gasteiger partial charge is 0.338 e. The van der Waals surface area contributed by atoms with Crippen LogP contribution in [0.5, 0.6) is 0 Å². The zero-order chi connectivity index (χ0) is 25.4. The number of carbonyl (C=O) groups excluding carboxylic acids is 3. The van der Waals surface area contributed by atoms with Crippen LogP contribution in [0.25, 0.3) is 28.1 Å². The molecule has 2 fully saturated rings. The lowest BCUT2D eigenvalue weighted by Crippen LogP contribution is -2.55. The zero-order valence-corrected chi connectivity index (χ0v) is 20.1. The maximum Gasteiger partial charge on any atom is 0.322 e. The lowest BCUT2D eigenvalue weighted by atomic mass is 9.87. The van der Waals surface area contributed by atoms with E-state index in [1.807, 2.05) is 72.8 Å². The van der Waals surface area contributed by atoms with E-state index in [1.165, 1.54) is 0 Å². The Hall–Kier alpha value is -4.72. The minimum Gasteiger partial charge on any atom is -0.338 e. The first-order chi connectivity index (χ1) is 18.0. The maximum absolute atomic E-state index is 13.8. The standard InChI is InChI=1S/C29H25N5O3/c35-26(33-17-15-29(16-18-33)27(36)30-28(37)31-29)24-19-34(23-9-5-2-6-10-23)32-25(24)22-13-11-21(12-14-22)20-7-3-1-4-8-20/h1-14,19H,15-18H2,(H2,30,31,36,37). The Morgan fingerprint density at radius 3 is 2.00 bits per heavy atom. The minimum absolute atomic E-state index is 0.149. The summed E-state index contributed by atoms with van der Waals surface area (Å²) in [4.78, 5) is 39.5. The van der Waals surface area contributed by atoms with Crippen LogP contribution in [0.3, 0.4) is 0 Å². The molecular formula is C29H25N5O3. The monoisotopic (exact) mass is 491 g/mol. The second-order valence-corrected chi connectivity index (χ2v) is 9.40. The smallest absolute Gasteiger partial charge is 0.322 e. The Labute approximate surface area is 213 Å². The summed E-state index contributed by atoms with van der Waals surface area (Å²) in [6.45, 7) is 0.713. The van der Waals surface area contributed by atoms with Gasteiger partial charge in [0.1, 0.15) is 11.2 Å². The number of nitrogens with one attached hydrogen (secondary N) is 2. The number of urea groups is 1. The molecule has 6 rings (SSSR count). The number of nitrogens with zero attached hydrogens (tertiary/aromatic N) is 3. The van der Waals surface area contributed by atoms with Crippen molar-refractivity contribution < 1.29 is 14.4 Å². The molecule has 0 aliphatic carbocycles. The molecule has 2 aliphatic rings. The van der Waals surface area contributed by atoms with Crippen molar-refractivity contribution in [3.05, 3.63) is 96.7 Å². The number of rotatable bonds is 4. The van der Waals surface area contributed by atoms with Crippen LogP contribution in [-0.2, 0) is 4.79 Å². The van der Waals surface area contributed by atoms with Gasteiger partial charge in [-0.15, -0.1) is 0 Å². The molecule has 3 aromatic carbocycles. The van der Waals surface area contributed by atoms with Gasteiger partial charge in [0.15, 0.2) is 0 Å². The van der Waals surface area contributed by atoms with Crippen LogP contribution in [0.4, 0.5) is 4.79 Å². The third kappa shape index (κ3) is 4.16. The molecule has 184 valence electrons. The number of hydrogen-bond donors (Lipinski definition) is 2. The summed E-state index contributed by atoms with van der Waals surface area (Å²) >= 11 is 0. The van der Waals surface area contributed by atoms with Gasteiger partial charge < -0.3 is 10.2 Å². The lowest BCUT2D eigenvalue weighted by Gasteiger charge is -2.36. The van der Waals surface area contributed by atoms with Crippen LogP contribution in [-0.4, -0.2) is 51.2 Å². The second kappa shape index (κ2) is 9.05. The first kappa shape index (κ1) is 22.7. The second-order valence-electron chi connectivity index (χ2n) is 9.40. The van der Waals surface area contributed by atoms with Gasteiger partial charge in [-0.2, -0.15) is 5.10 Å². The van der Waals surface area contributed by atoms with E-state index in [-0.39, 0.29) is 11.8 Å². The fourth-order valence-electron chi connectivity index (χ4n) is 5.05. The average Bonchev–Trinajstić information content (AvgIpc) is 3.50. The fourth-order valence-corrected chi connectivity index (χ4v) is 5.05. The Morgan fingerprint density at radius 2 is 1.38 bits per heavy atom. The van der Waals surface area contributed by atoms with Crippen LogP contribution < -0.4 is 10.6 Å². The molecule has 0 radical (unpaired) electrons. The highest BCUT2D eigenvalue weighted by Gasteiger charge is 2.48. The van der Waals surface area contributed by atoms with Crippen molar-refractivity contribution in [1.82, 2.24) is 25.3 Å². The van der Waals surface area contributed by atoms with Crippen LogP contribution in [0, 0.1) is 0 Å². The third-order valence-electron chi connectivity index (χ3n) is 7.15. The average molecular weight is 492 g/mol. The van der Waals surface area contributed by atoms with Gasteiger partial charge >= 0.3 is 6.03 Å². The molecule has 1 aromatic heterocycles. The van der Waals surface area contributed by atoms with Gasteiger partial charge in [-0.3, -0.25) is 14.9 Å². The van der Waals surface area contributed by atoms with Crippen molar-refractivity contribution >= 4 is 17.8 Å². The van der Waals surface area contributed by atoms with Crippen LogP contribution in [0.2, 0.25) is 0 Å². The summed E-state index contributed by atoms with van der Waals surface area (Å²) in [6.07, 6.45) is 2.50. The first-order valence-electron chi connectivity index (χ1n) is 12.3. The lowest BCUT2D eigenvalue weighted by molar-refractivity contribution is -0.125. The molecule has 4 aromatic rings. The van der Waals surface area contributed by atoms with Crippen LogP contribution in [0.15, 0.2) is 91.1 Å². The number of amides is 4. The number of imide groups is 1. The molecule has 0 saturated carbocycles. The van der Waals surface area contributed by atoms with E-state index in [2.05, 4.69) is 22.8 Å². The fraction of sp³-hybridized carbons (Fsp3) is 0.172. The van der Waals surface area contributed by atoms with E-state index in [1.54, 1.807) is 15.8 Å². The molecule has 0 unspecified atom stereocenters. The summed E-state index contributed by atoms with van der Waals surface area (Å²) in [5, 5.41) is 9.87. The van der Waals surface area contributed by atoms with Gasteiger partial charge in [-0.05, 0) is 36.1 Å². The predicted octanol–water partition coefficient (Wildman–Crippen LogP) is 4.02. The maximum atomic E-state index is 13.8. The van der Waals surface area contributed by atoms with Gasteiger partial charge in [0.2, 0.25) is 0 Å². The summed E-state index contributed by atoms with van der Waals surface area (Å²) in [7, 11) is 0. The predicted molar refractivity (Wildman–Crippen MR) is 139 cm³/mol. The van der Waals surface area contributed by atoms with Crippen molar-refractivity contribution in [2.75, 3.05) is 13.1 Å². The zero-order valence-electron chi connectivity index (χ0n) is 20.1. The number of carbonyl (C=O) groups is 3. The molecule has 2 saturated heterocycles. The minimum atomic E-state index is -0.932. The number of para-hydroxylation sites is 1. The molecule has 4 amide bonds. The number of benzene rings is 3. The molecule has 0 atom stereocenters. The number of aromatic nitrogens is 2. The highest BCUT2D eigenvalue weighted by atomic mass is 16.2. The van der Waals surface area contributed by atoms with Crippen LogP contribution >= 0.6 is 0 Å². The Morgan fingerprint density at radius 1 is 0.784 bits per heavy atom. The topological polar surface area (TPSA) is 96.3 Å². The molecule has 1 spiro atoms. The first-order valence-corrected chi connectivity index (χ1v) is 12.3. The van der Waals surface area contributed by atoms with Gasteiger partial charge in [0.05, 0.1) is 11.3 Å². The van der Waals surface area contributed by atoms with Crippen molar-refractivity contribution in [3.63, 3.8) is 0 Å². The molecule has 37 heavy (non-hydrogen) atoms. The molecule has 8 heteroatoms. The van der Waals surface area contributed by atoms with Gasteiger partial charge in [0.25, 0.3) is 11.8 Å². The Balaban J connectivity index is 1.32. The highest BCUT2D eigenvalue weighted by molar-refractivity contribution is 6.07. The number of likely N-dealkylation sites (tertiary alicyclic amines) is 1. The summed E-state index contributed by atoms with van der Waals surface area (Å²) in [5.41, 5.74) is 4.05. The van der Waals surface area contributed by atoms with Crippen LogP contribution in [0.1, 0.15) is 23.2 Å². The van der Waals surface area contributed by atoms with E-state index < -0.39 is 11.6 Å². The van der Waals surface area contributed by atoms with Crippen molar-refractivity contribution in [3.8, 4) is 28.1 Å². The quantitative estimate of drug-likeness (QED) is 0.422. The van der Waals surface area contributed by atoms with Crippen molar-refractivity contribution in [1.29, 1.82) is 0 Å². The highest BCUT2D eigenvalue weighted by Crippen LogP contribution is 2.31. The van der Waals surface area contributed by atoms with E-state index in [4.69, 9.17) is 5.10 Å². The van der Waals surface area contributed by atoms with Crippen molar-refractivity contribution in [2.45, 2.75) is 18.4 Å². The van der Waals surface area contributed by atoms with E-state index in [0.717, 1.165) is 22.4 Å². The molecule has 2 N–H and O–H groups in total. The van der Waals surface area contributed by atoms with E-state index >= 15 is 0 Å². The summed E-state index contributed by atoms with van der Waals surface area (Å²) in [5.74, 6) is -0.468. The summed E-state index contributed by atoms with van der Waals surface area (Å²) in [6, 6.07) is 27.4. The normalized spacial score (nSPS) is 16.5. The summed E-state index contributed by atoms with van der Waals surface area (Å²) < 4.78 is 1.73. The molecule has 0 bridgehead atoms. The molecular weight excluding hydrogens is 466 g/mol. The van der Waals surface area contributed by atoms with Gasteiger partial charge in [-0.25, -0.2) is 9.48 Å². The molecule has 3 heterocycles. The van der Waals surface area contributed by atoms with E-state index in [9.17, 15) is 14.4 Å². The SMILES string of the molecule is O=C1NC(=O)C2(CCN(C(=O)c3cn(-c4ccccc4)nc3-c3ccc(-c4ccccc4)cc3)CC2)N1. The van der Waals surface area contributed by atoms with Crippen molar-refractivity contribution in [2.24, 2.45) is 0 Å². The van der Waals surface area contributed by atoms with Gasteiger partial charge in [0, 0.05) is 24.8 Å². The Kier molecular flexibility index (Phi) is 5.56. The van der Waals surface area contributed by atoms with E-state index in [0.29, 0.717) is 37.2 Å². The number of hydrogen-bond acceptors (Lipinski definition) is 4. The molecule has 2 aliphatic heterocycles. The molecule has 8 nitrogen and oxygen atoms in total. The third-order valence-corrected chi connectivity index (χ3v) is 7.15.